The molecule has 1 unspecified atom stereocenters. The van der Waals surface area contributed by atoms with Gasteiger partial charge in [-0.25, -0.2) is 18.6 Å². The molecule has 4 heterocycles. The van der Waals surface area contributed by atoms with Crippen LogP contribution in [0, 0.1) is 5.82 Å². The second-order valence-electron chi connectivity index (χ2n) is 10.8. The molecule has 0 radical (unpaired) electrons. The maximum Gasteiger partial charge on any atom is 0.229 e. The summed E-state index contributed by atoms with van der Waals surface area (Å²) < 4.78 is 33.9. The normalized spacial score (nSPS) is 18.3. The van der Waals surface area contributed by atoms with E-state index in [0.717, 1.165) is 43.9 Å². The van der Waals surface area contributed by atoms with Crippen molar-refractivity contribution in [2.24, 2.45) is 4.36 Å². The summed E-state index contributed by atoms with van der Waals surface area (Å²) in [5, 5.41) is 13.4. The third-order valence-corrected chi connectivity index (χ3v) is 7.89. The van der Waals surface area contributed by atoms with Gasteiger partial charge in [0.1, 0.15) is 5.82 Å². The number of pyridine rings is 1. The molecule has 0 amide bonds. The Hall–Kier alpha value is -3.61. The highest BCUT2D eigenvalue weighted by Gasteiger charge is 2.34. The van der Waals surface area contributed by atoms with Crippen LogP contribution in [-0.4, -0.2) is 85.6 Å². The van der Waals surface area contributed by atoms with Crippen LogP contribution in [0.25, 0.3) is 16.9 Å². The number of likely N-dealkylation sites (N-methyl/N-ethyl adjacent to an activating group) is 1. The van der Waals surface area contributed by atoms with Gasteiger partial charge in [-0.2, -0.15) is 9.35 Å². The van der Waals surface area contributed by atoms with E-state index in [9.17, 15) is 9.32 Å². The number of nitrogens with zero attached hydrogens (tertiary/aromatic N) is 7. The highest BCUT2D eigenvalue weighted by Crippen LogP contribution is 2.45. The molecule has 2 fully saturated rings. The molecule has 6 rings (SSSR count). The largest absolute Gasteiger partial charge is 0.394 e. The summed E-state index contributed by atoms with van der Waals surface area (Å²) in [6, 6.07) is 13.2. The quantitative estimate of drug-likeness (QED) is 0.346. The van der Waals surface area contributed by atoms with Crippen molar-refractivity contribution in [2.75, 3.05) is 56.0 Å². The third kappa shape index (κ3) is 5.38. The molecule has 210 valence electrons. The second kappa shape index (κ2) is 10.4. The summed E-state index contributed by atoms with van der Waals surface area (Å²) in [5.74, 6) is 0.880. The van der Waals surface area contributed by atoms with Gasteiger partial charge in [-0.3, -0.25) is 4.57 Å². The van der Waals surface area contributed by atoms with Crippen LogP contribution in [0.3, 0.4) is 0 Å². The molecule has 1 atom stereocenters. The van der Waals surface area contributed by atoms with Crippen LogP contribution in [0.2, 0.25) is 0 Å². The second-order valence-corrected chi connectivity index (χ2v) is 13.4. The van der Waals surface area contributed by atoms with E-state index in [0.29, 0.717) is 34.3 Å². The summed E-state index contributed by atoms with van der Waals surface area (Å²) in [4.78, 5) is 18.2. The number of fused-ring (bicyclic) bond motifs is 1. The van der Waals surface area contributed by atoms with Gasteiger partial charge in [-0.1, -0.05) is 6.07 Å². The highest BCUT2D eigenvalue weighted by atomic mass is 32.2. The first-order valence-electron chi connectivity index (χ1n) is 13.3. The van der Waals surface area contributed by atoms with E-state index in [1.165, 1.54) is 6.20 Å². The van der Waals surface area contributed by atoms with E-state index in [-0.39, 0.29) is 24.4 Å². The van der Waals surface area contributed by atoms with Crippen LogP contribution in [0.1, 0.15) is 24.5 Å². The van der Waals surface area contributed by atoms with Gasteiger partial charge in [0.15, 0.2) is 17.3 Å². The number of rotatable bonds is 7. The van der Waals surface area contributed by atoms with E-state index in [4.69, 9.17) is 4.98 Å². The van der Waals surface area contributed by atoms with Gasteiger partial charge in [-0.15, -0.1) is 0 Å². The van der Waals surface area contributed by atoms with Gasteiger partial charge in [0.2, 0.25) is 5.95 Å². The average molecular weight is 565 g/mol. The first-order valence-corrected chi connectivity index (χ1v) is 15.7. The summed E-state index contributed by atoms with van der Waals surface area (Å²) in [5.41, 5.74) is 2.78. The number of nitrogens with one attached hydrogen (secondary N) is 1. The number of aliphatic hydroxyl groups is 1. The van der Waals surface area contributed by atoms with Gasteiger partial charge in [0, 0.05) is 65.4 Å². The fraction of sp³-hybridized carbons (Fsp3) is 0.393. The molecule has 0 bridgehead atoms. The van der Waals surface area contributed by atoms with Crippen molar-refractivity contribution in [3.63, 3.8) is 0 Å². The smallest absolute Gasteiger partial charge is 0.229 e. The molecule has 1 saturated carbocycles. The van der Waals surface area contributed by atoms with E-state index in [2.05, 4.69) is 36.5 Å². The molecule has 40 heavy (non-hydrogen) atoms. The van der Waals surface area contributed by atoms with Crippen molar-refractivity contribution in [1.29, 1.82) is 0 Å². The van der Waals surface area contributed by atoms with Gasteiger partial charge < -0.3 is 20.2 Å². The summed E-state index contributed by atoms with van der Waals surface area (Å²) in [6.07, 6.45) is 6.39. The molecule has 1 saturated heterocycles. The summed E-state index contributed by atoms with van der Waals surface area (Å²) in [7, 11) is -0.345. The van der Waals surface area contributed by atoms with E-state index >= 15 is 4.39 Å². The molecular formula is C28H33FN8O2S. The maximum atomic E-state index is 15.7. The van der Waals surface area contributed by atoms with Crippen molar-refractivity contribution in [3.05, 3.63) is 60.2 Å². The van der Waals surface area contributed by atoms with Crippen LogP contribution in [0.15, 0.2) is 53.0 Å². The fourth-order valence-electron chi connectivity index (χ4n) is 5.24. The number of benzene rings is 1. The lowest BCUT2D eigenvalue weighted by Crippen LogP contribution is -2.53. The van der Waals surface area contributed by atoms with Crippen molar-refractivity contribution >= 4 is 43.9 Å². The Morgan fingerprint density at radius 3 is 2.60 bits per heavy atom. The van der Waals surface area contributed by atoms with Crippen molar-refractivity contribution in [1.82, 2.24) is 24.4 Å². The minimum atomic E-state index is -2.41. The summed E-state index contributed by atoms with van der Waals surface area (Å²) in [6.45, 7) is 2.69. The van der Waals surface area contributed by atoms with Crippen molar-refractivity contribution in [2.45, 2.75) is 24.8 Å². The molecule has 1 aliphatic heterocycles. The van der Waals surface area contributed by atoms with E-state index < -0.39 is 9.73 Å². The number of hydrogen-bond acceptors (Lipinski definition) is 9. The number of aliphatic hydroxyl groups excluding tert-OH is 1. The SMILES string of the molecule is CN1CCN(c2ccc(Nc3ncc4c(F)c(C5CC5)n(-c5cccc(N=S(C)(C)=O)n5)c4n3)cc2)C(CO)C1. The number of hydrogen-bond donors (Lipinski definition) is 2. The lowest BCUT2D eigenvalue weighted by Gasteiger charge is -2.40. The van der Waals surface area contributed by atoms with Gasteiger partial charge in [-0.05, 0) is 56.3 Å². The lowest BCUT2D eigenvalue weighted by atomic mass is 10.1. The lowest BCUT2D eigenvalue weighted by molar-refractivity contribution is 0.191. The highest BCUT2D eigenvalue weighted by molar-refractivity contribution is 7.92. The monoisotopic (exact) mass is 564 g/mol. The van der Waals surface area contributed by atoms with Gasteiger partial charge >= 0.3 is 0 Å². The Balaban J connectivity index is 1.34. The average Bonchev–Trinajstić information content (AvgIpc) is 3.72. The predicted octanol–water partition coefficient (Wildman–Crippen LogP) is 4.05. The maximum absolute atomic E-state index is 15.7. The molecule has 4 aromatic rings. The van der Waals surface area contributed by atoms with Crippen LogP contribution >= 0.6 is 0 Å². The van der Waals surface area contributed by atoms with Crippen molar-refractivity contribution < 1.29 is 13.7 Å². The first kappa shape index (κ1) is 26.6. The minimum Gasteiger partial charge on any atom is -0.394 e. The molecule has 1 aromatic carbocycles. The zero-order chi connectivity index (χ0) is 28.0. The Labute approximate surface area is 233 Å². The molecule has 10 nitrogen and oxygen atoms in total. The molecule has 1 aliphatic carbocycles. The number of aromatic nitrogens is 4. The molecule has 3 aromatic heterocycles. The molecular weight excluding hydrogens is 531 g/mol. The fourth-order valence-corrected chi connectivity index (χ4v) is 5.80. The molecule has 2 N–H and O–H groups in total. The zero-order valence-electron chi connectivity index (χ0n) is 22.8. The Bertz CT molecular complexity index is 1670. The standard InChI is InChI=1S/C28H33FN8O2S/c1-35-13-14-36(21(16-35)17-38)20-11-9-19(10-12-20)31-28-30-15-22-25(29)26(18-7-8-18)37(27(22)33-28)24-6-4-5-23(32-24)34-40(2,3)39/h4-6,9-12,15,18,21,38H,7-8,13-14,16-17H2,1-3H3,(H,30,31,33). The van der Waals surface area contributed by atoms with Crippen LogP contribution < -0.4 is 10.2 Å². The van der Waals surface area contributed by atoms with Crippen LogP contribution in [-0.2, 0) is 9.73 Å². The topological polar surface area (TPSA) is 112 Å². The molecule has 12 heteroatoms. The van der Waals surface area contributed by atoms with E-state index in [1.54, 1.807) is 35.3 Å². The Morgan fingerprint density at radius 2 is 1.90 bits per heavy atom. The van der Waals surface area contributed by atoms with Crippen molar-refractivity contribution in [3.8, 4) is 5.82 Å². The molecule has 0 spiro atoms. The van der Waals surface area contributed by atoms with E-state index in [1.807, 2.05) is 24.3 Å². The van der Waals surface area contributed by atoms with Gasteiger partial charge in [0.05, 0.1) is 23.7 Å². The first-order chi connectivity index (χ1) is 19.2. The summed E-state index contributed by atoms with van der Waals surface area (Å²) >= 11 is 0. The number of piperazine rings is 1. The molecule has 2 aliphatic rings. The Kier molecular flexibility index (Phi) is 6.93. The predicted molar refractivity (Wildman–Crippen MR) is 156 cm³/mol. The number of anilines is 3. The Morgan fingerprint density at radius 1 is 1.12 bits per heavy atom. The van der Waals surface area contributed by atoms with Gasteiger partial charge in [0.25, 0.3) is 0 Å². The van der Waals surface area contributed by atoms with Crippen LogP contribution in [0.5, 0.6) is 0 Å². The number of halogens is 1. The third-order valence-electron chi connectivity index (χ3n) is 7.26. The van der Waals surface area contributed by atoms with Crippen LogP contribution in [0.4, 0.5) is 27.5 Å². The minimum absolute atomic E-state index is 0.0488. The zero-order valence-corrected chi connectivity index (χ0v) is 23.6.